The average molecular weight is 570 g/mol. The number of sulfonamides is 1. The average Bonchev–Trinajstić information content (AvgIpc) is 2.93. The number of carbonyl (C=O) groups excluding carboxylic acids is 2. The molecule has 0 aliphatic rings. The predicted octanol–water partition coefficient (Wildman–Crippen LogP) is 4.16. The number of likely N-dealkylation sites (N-methyl/N-ethyl adjacent to an activating group) is 1. The Hall–Kier alpha value is -3.92. The highest BCUT2D eigenvalue weighted by Crippen LogP contribution is 2.23. The number of nitrogens with one attached hydrogen (secondary N) is 1. The highest BCUT2D eigenvalue weighted by molar-refractivity contribution is 7.92. The molecule has 0 saturated heterocycles. The molecule has 0 aromatic heterocycles. The lowest BCUT2D eigenvalue weighted by atomic mass is 10.0. The SMILES string of the molecule is CCNC(=O)[C@H](Cc1ccccc1)N(Cc1cccc(OC)c1)C(=O)CCCN(c1ccccc1F)S(C)(=O)=O. The van der Waals surface area contributed by atoms with Gasteiger partial charge in [0, 0.05) is 32.5 Å². The topological polar surface area (TPSA) is 96.0 Å². The molecule has 0 unspecified atom stereocenters. The van der Waals surface area contributed by atoms with Crippen LogP contribution in [-0.2, 0) is 32.6 Å². The molecule has 0 spiro atoms. The Bertz CT molecular complexity index is 1380. The zero-order valence-corrected chi connectivity index (χ0v) is 23.9. The van der Waals surface area contributed by atoms with E-state index in [-0.39, 0.29) is 43.4 Å². The van der Waals surface area contributed by atoms with Crippen molar-refractivity contribution < 1.29 is 27.1 Å². The first-order valence-corrected chi connectivity index (χ1v) is 14.9. The second kappa shape index (κ2) is 14.5. The van der Waals surface area contributed by atoms with Crippen LogP contribution >= 0.6 is 0 Å². The highest BCUT2D eigenvalue weighted by Gasteiger charge is 2.30. The lowest BCUT2D eigenvalue weighted by Gasteiger charge is -2.32. The van der Waals surface area contributed by atoms with Crippen molar-refractivity contribution in [3.05, 3.63) is 95.8 Å². The van der Waals surface area contributed by atoms with Crippen LogP contribution in [0.3, 0.4) is 0 Å². The zero-order valence-electron chi connectivity index (χ0n) is 23.0. The third-order valence-electron chi connectivity index (χ3n) is 6.38. The van der Waals surface area contributed by atoms with Gasteiger partial charge in [-0.25, -0.2) is 12.8 Å². The quantitative estimate of drug-likeness (QED) is 0.315. The molecule has 214 valence electrons. The van der Waals surface area contributed by atoms with E-state index in [1.807, 2.05) is 49.4 Å². The molecular weight excluding hydrogens is 533 g/mol. The zero-order chi connectivity index (χ0) is 29.1. The van der Waals surface area contributed by atoms with Crippen LogP contribution < -0.4 is 14.4 Å². The number of rotatable bonds is 14. The molecule has 0 fully saturated rings. The van der Waals surface area contributed by atoms with Gasteiger partial charge in [-0.2, -0.15) is 0 Å². The molecule has 8 nitrogen and oxygen atoms in total. The van der Waals surface area contributed by atoms with Crippen molar-refractivity contribution >= 4 is 27.5 Å². The fourth-order valence-corrected chi connectivity index (χ4v) is 5.42. The van der Waals surface area contributed by atoms with Crippen molar-refractivity contribution in [3.63, 3.8) is 0 Å². The van der Waals surface area contributed by atoms with E-state index in [1.165, 1.54) is 23.1 Å². The maximum Gasteiger partial charge on any atom is 0.243 e. The van der Waals surface area contributed by atoms with Gasteiger partial charge in [0.1, 0.15) is 17.6 Å². The molecule has 10 heteroatoms. The number of nitrogens with zero attached hydrogens (tertiary/aromatic N) is 2. The van der Waals surface area contributed by atoms with Gasteiger partial charge in [0.2, 0.25) is 21.8 Å². The maximum atomic E-state index is 14.4. The lowest BCUT2D eigenvalue weighted by Crippen LogP contribution is -2.50. The van der Waals surface area contributed by atoms with Crippen molar-refractivity contribution in [1.29, 1.82) is 0 Å². The Morgan fingerprint density at radius 1 is 0.975 bits per heavy atom. The summed E-state index contributed by atoms with van der Waals surface area (Å²) in [6.07, 6.45) is 1.38. The van der Waals surface area contributed by atoms with E-state index in [1.54, 1.807) is 25.3 Å². The number of ether oxygens (including phenoxy) is 1. The summed E-state index contributed by atoms with van der Waals surface area (Å²) in [4.78, 5) is 28.6. The van der Waals surface area contributed by atoms with E-state index in [0.717, 1.165) is 21.7 Å². The molecule has 0 heterocycles. The summed E-state index contributed by atoms with van der Waals surface area (Å²) in [6.45, 7) is 2.27. The highest BCUT2D eigenvalue weighted by atomic mass is 32.2. The summed E-state index contributed by atoms with van der Waals surface area (Å²) >= 11 is 0. The minimum Gasteiger partial charge on any atom is -0.497 e. The van der Waals surface area contributed by atoms with Gasteiger partial charge >= 0.3 is 0 Å². The van der Waals surface area contributed by atoms with Crippen LogP contribution in [0.5, 0.6) is 5.75 Å². The molecule has 40 heavy (non-hydrogen) atoms. The van der Waals surface area contributed by atoms with E-state index in [0.29, 0.717) is 18.7 Å². The summed E-state index contributed by atoms with van der Waals surface area (Å²) < 4.78 is 45.7. The van der Waals surface area contributed by atoms with Gasteiger partial charge in [0.15, 0.2) is 0 Å². The maximum absolute atomic E-state index is 14.4. The van der Waals surface area contributed by atoms with Crippen LogP contribution in [0.15, 0.2) is 78.9 Å². The van der Waals surface area contributed by atoms with Crippen molar-refractivity contribution in [1.82, 2.24) is 10.2 Å². The number of hydrogen-bond acceptors (Lipinski definition) is 5. The first-order valence-electron chi connectivity index (χ1n) is 13.1. The normalized spacial score (nSPS) is 11.9. The second-order valence-corrected chi connectivity index (χ2v) is 11.3. The summed E-state index contributed by atoms with van der Waals surface area (Å²) in [5.74, 6) is -0.655. The van der Waals surface area contributed by atoms with E-state index >= 15 is 0 Å². The molecule has 0 aliphatic carbocycles. The van der Waals surface area contributed by atoms with Gasteiger partial charge in [-0.05, 0) is 48.7 Å². The largest absolute Gasteiger partial charge is 0.497 e. The molecule has 3 rings (SSSR count). The van der Waals surface area contributed by atoms with Gasteiger partial charge in [0.25, 0.3) is 0 Å². The number of carbonyl (C=O) groups is 2. The monoisotopic (exact) mass is 569 g/mol. The molecular formula is C30H36FN3O5S. The first kappa shape index (κ1) is 30.6. The molecule has 1 atom stereocenters. The third-order valence-corrected chi connectivity index (χ3v) is 7.56. The van der Waals surface area contributed by atoms with E-state index in [9.17, 15) is 22.4 Å². The Kier molecular flexibility index (Phi) is 11.1. The predicted molar refractivity (Wildman–Crippen MR) is 154 cm³/mol. The van der Waals surface area contributed by atoms with Gasteiger partial charge in [-0.1, -0.05) is 54.6 Å². The Morgan fingerprint density at radius 3 is 2.30 bits per heavy atom. The smallest absolute Gasteiger partial charge is 0.243 e. The minimum absolute atomic E-state index is 0.0465. The fraction of sp³-hybridized carbons (Fsp3) is 0.333. The van der Waals surface area contributed by atoms with Crippen molar-refractivity contribution in [3.8, 4) is 5.75 Å². The third kappa shape index (κ3) is 8.54. The number of halogens is 1. The van der Waals surface area contributed by atoms with E-state index in [2.05, 4.69) is 5.32 Å². The number of anilines is 1. The number of benzene rings is 3. The van der Waals surface area contributed by atoms with Gasteiger partial charge < -0.3 is 15.0 Å². The molecule has 0 saturated carbocycles. The Labute approximate surface area is 235 Å². The van der Waals surface area contributed by atoms with Gasteiger partial charge in [-0.15, -0.1) is 0 Å². The number of hydrogen-bond donors (Lipinski definition) is 1. The van der Waals surface area contributed by atoms with E-state index < -0.39 is 21.9 Å². The molecule has 0 aliphatic heterocycles. The van der Waals surface area contributed by atoms with Crippen molar-refractivity contribution in [2.24, 2.45) is 0 Å². The molecule has 0 bridgehead atoms. The Balaban J connectivity index is 1.88. The fourth-order valence-electron chi connectivity index (χ4n) is 4.45. The summed E-state index contributed by atoms with van der Waals surface area (Å²) in [7, 11) is -2.25. The molecule has 0 radical (unpaired) electrons. The lowest BCUT2D eigenvalue weighted by molar-refractivity contribution is -0.141. The van der Waals surface area contributed by atoms with Crippen molar-refractivity contribution in [2.75, 3.05) is 30.8 Å². The van der Waals surface area contributed by atoms with Crippen LogP contribution in [0, 0.1) is 5.82 Å². The van der Waals surface area contributed by atoms with Gasteiger partial charge in [0.05, 0.1) is 19.1 Å². The van der Waals surface area contributed by atoms with Crippen LogP contribution in [0.4, 0.5) is 10.1 Å². The Morgan fingerprint density at radius 2 is 1.65 bits per heavy atom. The number of amides is 2. The minimum atomic E-state index is -3.80. The van der Waals surface area contributed by atoms with Crippen LogP contribution in [0.25, 0.3) is 0 Å². The molecule has 3 aromatic rings. The summed E-state index contributed by atoms with van der Waals surface area (Å²) in [5.41, 5.74) is 1.60. The van der Waals surface area contributed by atoms with Crippen LogP contribution in [0.2, 0.25) is 0 Å². The van der Waals surface area contributed by atoms with Crippen LogP contribution in [-0.4, -0.2) is 57.6 Å². The first-order chi connectivity index (χ1) is 19.1. The molecule has 1 N–H and O–H groups in total. The standard InChI is InChI=1S/C30H36FN3O5S/c1-4-32-30(36)28(21-23-12-6-5-7-13-23)33(22-24-14-10-15-25(20-24)39-2)29(35)18-11-19-34(40(3,37)38)27-17-9-8-16-26(27)31/h5-10,12-17,20,28H,4,11,18-19,21-22H2,1-3H3,(H,32,36)/t28-/m0/s1. The number of methoxy groups -OCH3 is 1. The summed E-state index contributed by atoms with van der Waals surface area (Å²) in [5, 5.41) is 2.84. The van der Waals surface area contributed by atoms with Crippen molar-refractivity contribution in [2.45, 2.75) is 38.8 Å². The second-order valence-electron chi connectivity index (χ2n) is 9.36. The van der Waals surface area contributed by atoms with E-state index in [4.69, 9.17) is 4.74 Å². The summed E-state index contributed by atoms with van der Waals surface area (Å²) in [6, 6.07) is 21.5. The molecule has 2 amide bonds. The number of para-hydroxylation sites is 1. The van der Waals surface area contributed by atoms with Crippen LogP contribution in [0.1, 0.15) is 30.9 Å². The van der Waals surface area contributed by atoms with Gasteiger partial charge in [-0.3, -0.25) is 13.9 Å². The molecule has 3 aromatic carbocycles.